The van der Waals surface area contributed by atoms with E-state index < -0.39 is 27.6 Å². The van der Waals surface area contributed by atoms with E-state index in [4.69, 9.17) is 0 Å². The fourth-order valence-electron chi connectivity index (χ4n) is 1.92. The van der Waals surface area contributed by atoms with Gasteiger partial charge in [0.1, 0.15) is 11.6 Å². The van der Waals surface area contributed by atoms with Gasteiger partial charge in [0, 0.05) is 6.54 Å². The zero-order chi connectivity index (χ0) is 17.7. The number of hydrogen-bond donors (Lipinski definition) is 2. The number of nitrogens with one attached hydrogen (secondary N) is 2. The number of benzene rings is 2. The summed E-state index contributed by atoms with van der Waals surface area (Å²) >= 11 is 0. The number of sulfonamides is 1. The lowest BCUT2D eigenvalue weighted by molar-refractivity contribution is 0.102. The first kappa shape index (κ1) is 18.0. The summed E-state index contributed by atoms with van der Waals surface area (Å²) in [5, 5.41) is 2.22. The van der Waals surface area contributed by atoms with Crippen LogP contribution in [0.1, 0.15) is 23.7 Å². The van der Waals surface area contributed by atoms with Gasteiger partial charge >= 0.3 is 0 Å². The van der Waals surface area contributed by atoms with Crippen molar-refractivity contribution in [3.8, 4) is 0 Å². The van der Waals surface area contributed by atoms with Crippen LogP contribution in [-0.4, -0.2) is 20.9 Å². The Labute approximate surface area is 138 Å². The van der Waals surface area contributed by atoms with Crippen LogP contribution in [0.4, 0.5) is 14.5 Å². The van der Waals surface area contributed by atoms with Gasteiger partial charge in [-0.05, 0) is 36.8 Å². The van der Waals surface area contributed by atoms with Crippen LogP contribution < -0.4 is 10.0 Å². The second-order valence-electron chi connectivity index (χ2n) is 4.97. The number of rotatable bonds is 6. The van der Waals surface area contributed by atoms with Gasteiger partial charge in [-0.1, -0.05) is 19.1 Å². The topological polar surface area (TPSA) is 75.3 Å². The molecule has 0 saturated carbocycles. The number of carbonyl (C=O) groups is 1. The van der Waals surface area contributed by atoms with Crippen molar-refractivity contribution in [2.24, 2.45) is 0 Å². The van der Waals surface area contributed by atoms with E-state index in [0.717, 1.165) is 24.3 Å². The third-order valence-corrected chi connectivity index (χ3v) is 4.62. The van der Waals surface area contributed by atoms with Crippen molar-refractivity contribution in [1.82, 2.24) is 4.72 Å². The molecule has 0 heterocycles. The van der Waals surface area contributed by atoms with E-state index in [1.807, 2.05) is 0 Å². The quantitative estimate of drug-likeness (QED) is 0.838. The SMILES string of the molecule is CCCNS(=O)(=O)c1ccc(NC(=O)c2ccccc2F)c(F)c1. The summed E-state index contributed by atoms with van der Waals surface area (Å²) in [7, 11) is -3.81. The van der Waals surface area contributed by atoms with Crippen LogP contribution in [-0.2, 0) is 10.0 Å². The van der Waals surface area contributed by atoms with Crippen molar-refractivity contribution < 1.29 is 22.0 Å². The maximum Gasteiger partial charge on any atom is 0.258 e. The van der Waals surface area contributed by atoms with Gasteiger partial charge in [0.2, 0.25) is 10.0 Å². The molecule has 2 N–H and O–H groups in total. The molecule has 2 aromatic rings. The summed E-state index contributed by atoms with van der Waals surface area (Å²) in [5.41, 5.74) is -0.476. The Bertz CT molecular complexity index is 854. The smallest absolute Gasteiger partial charge is 0.258 e. The zero-order valence-corrected chi connectivity index (χ0v) is 13.7. The van der Waals surface area contributed by atoms with E-state index in [2.05, 4.69) is 10.0 Å². The van der Waals surface area contributed by atoms with Crippen molar-refractivity contribution in [2.45, 2.75) is 18.2 Å². The predicted octanol–water partition coefficient (Wildman–Crippen LogP) is 2.91. The number of amides is 1. The molecule has 0 aromatic heterocycles. The van der Waals surface area contributed by atoms with Crippen molar-refractivity contribution in [3.05, 3.63) is 59.7 Å². The monoisotopic (exact) mass is 354 g/mol. The molecule has 0 bridgehead atoms. The van der Waals surface area contributed by atoms with Gasteiger partial charge in [-0.3, -0.25) is 4.79 Å². The summed E-state index contributed by atoms with van der Waals surface area (Å²) in [6.45, 7) is 2.03. The molecule has 0 saturated heterocycles. The minimum atomic E-state index is -3.81. The molecular formula is C16H16F2N2O3S. The predicted molar refractivity (Wildman–Crippen MR) is 86.2 cm³/mol. The second kappa shape index (κ2) is 7.50. The van der Waals surface area contributed by atoms with Gasteiger partial charge in [0.15, 0.2) is 0 Å². The second-order valence-corrected chi connectivity index (χ2v) is 6.74. The highest BCUT2D eigenvalue weighted by atomic mass is 32.2. The Morgan fingerprint density at radius 2 is 1.79 bits per heavy atom. The van der Waals surface area contributed by atoms with Gasteiger partial charge < -0.3 is 5.32 Å². The van der Waals surface area contributed by atoms with Crippen molar-refractivity contribution in [2.75, 3.05) is 11.9 Å². The molecule has 0 spiro atoms. The van der Waals surface area contributed by atoms with Crippen LogP contribution in [0.5, 0.6) is 0 Å². The van der Waals surface area contributed by atoms with Gasteiger partial charge in [0.25, 0.3) is 5.91 Å². The Morgan fingerprint density at radius 1 is 1.08 bits per heavy atom. The highest BCUT2D eigenvalue weighted by Crippen LogP contribution is 2.20. The van der Waals surface area contributed by atoms with Crippen LogP contribution in [0.2, 0.25) is 0 Å². The first-order chi connectivity index (χ1) is 11.3. The lowest BCUT2D eigenvalue weighted by Crippen LogP contribution is -2.24. The molecule has 0 aliphatic heterocycles. The van der Waals surface area contributed by atoms with Crippen molar-refractivity contribution in [3.63, 3.8) is 0 Å². The Morgan fingerprint density at radius 3 is 2.42 bits per heavy atom. The Kier molecular flexibility index (Phi) is 5.63. The van der Waals surface area contributed by atoms with E-state index in [-0.39, 0.29) is 22.7 Å². The van der Waals surface area contributed by atoms with Crippen LogP contribution in [0.15, 0.2) is 47.4 Å². The average Bonchev–Trinajstić information content (AvgIpc) is 2.55. The molecular weight excluding hydrogens is 338 g/mol. The first-order valence-corrected chi connectivity index (χ1v) is 8.68. The van der Waals surface area contributed by atoms with Crippen LogP contribution in [0, 0.1) is 11.6 Å². The number of carbonyl (C=O) groups excluding carboxylic acids is 1. The fraction of sp³-hybridized carbons (Fsp3) is 0.188. The van der Waals surface area contributed by atoms with Gasteiger partial charge in [-0.2, -0.15) is 0 Å². The highest BCUT2D eigenvalue weighted by Gasteiger charge is 2.17. The molecule has 0 aliphatic carbocycles. The molecule has 0 unspecified atom stereocenters. The van der Waals surface area contributed by atoms with E-state index >= 15 is 0 Å². The summed E-state index contributed by atoms with van der Waals surface area (Å²) < 4.78 is 53.8. The van der Waals surface area contributed by atoms with Gasteiger partial charge in [-0.25, -0.2) is 21.9 Å². The van der Waals surface area contributed by atoms with Crippen LogP contribution in [0.3, 0.4) is 0 Å². The van der Waals surface area contributed by atoms with Gasteiger partial charge in [-0.15, -0.1) is 0 Å². The molecule has 0 radical (unpaired) electrons. The summed E-state index contributed by atoms with van der Waals surface area (Å²) in [6, 6.07) is 8.36. The van der Waals surface area contributed by atoms with E-state index in [1.165, 1.54) is 18.2 Å². The molecule has 0 fully saturated rings. The number of halogens is 2. The third kappa shape index (κ3) is 4.15. The van der Waals surface area contributed by atoms with E-state index in [0.29, 0.717) is 6.42 Å². The zero-order valence-electron chi connectivity index (χ0n) is 12.8. The summed E-state index contributed by atoms with van der Waals surface area (Å²) in [4.78, 5) is 11.7. The molecule has 1 amide bonds. The normalized spacial score (nSPS) is 11.3. The van der Waals surface area contributed by atoms with Gasteiger partial charge in [0.05, 0.1) is 16.1 Å². The highest BCUT2D eigenvalue weighted by molar-refractivity contribution is 7.89. The number of hydrogen-bond acceptors (Lipinski definition) is 3. The minimum absolute atomic E-state index is 0.232. The Hall–Kier alpha value is -2.32. The van der Waals surface area contributed by atoms with Crippen LogP contribution >= 0.6 is 0 Å². The largest absolute Gasteiger partial charge is 0.319 e. The first-order valence-electron chi connectivity index (χ1n) is 7.20. The molecule has 0 aliphatic rings. The van der Waals surface area contributed by atoms with Crippen molar-refractivity contribution >= 4 is 21.6 Å². The molecule has 2 aromatic carbocycles. The maximum absolute atomic E-state index is 14.1. The molecule has 5 nitrogen and oxygen atoms in total. The molecule has 24 heavy (non-hydrogen) atoms. The van der Waals surface area contributed by atoms with E-state index in [9.17, 15) is 22.0 Å². The van der Waals surface area contributed by atoms with E-state index in [1.54, 1.807) is 6.92 Å². The lowest BCUT2D eigenvalue weighted by Gasteiger charge is -2.10. The minimum Gasteiger partial charge on any atom is -0.319 e. The fourth-order valence-corrected chi connectivity index (χ4v) is 3.06. The average molecular weight is 354 g/mol. The third-order valence-electron chi connectivity index (χ3n) is 3.16. The molecule has 128 valence electrons. The van der Waals surface area contributed by atoms with Crippen LogP contribution in [0.25, 0.3) is 0 Å². The molecule has 2 rings (SSSR count). The standard InChI is InChI=1S/C16H16F2N2O3S/c1-2-9-19-24(22,23)11-7-8-15(14(18)10-11)20-16(21)12-5-3-4-6-13(12)17/h3-8,10,19H,2,9H2,1H3,(H,20,21). The maximum atomic E-state index is 14.1. The summed E-state index contributed by atoms with van der Waals surface area (Å²) in [5.74, 6) is -2.50. The Balaban J connectivity index is 2.22. The molecule has 0 atom stereocenters. The molecule has 8 heteroatoms. The van der Waals surface area contributed by atoms with Crippen molar-refractivity contribution in [1.29, 1.82) is 0 Å². The number of anilines is 1. The summed E-state index contributed by atoms with van der Waals surface area (Å²) in [6.07, 6.45) is 0.596. The lowest BCUT2D eigenvalue weighted by atomic mass is 10.2.